The minimum Gasteiger partial charge on any atom is -0.478 e. The Balaban J connectivity index is 1.46. The molecule has 0 aliphatic rings. The van der Waals surface area contributed by atoms with Crippen LogP contribution in [0.3, 0.4) is 0 Å². The van der Waals surface area contributed by atoms with Crippen LogP contribution in [0.4, 0.5) is 0 Å². The summed E-state index contributed by atoms with van der Waals surface area (Å²) in [5.41, 5.74) is 3.83. The highest BCUT2D eigenvalue weighted by Crippen LogP contribution is 2.29. The molecule has 0 bridgehead atoms. The summed E-state index contributed by atoms with van der Waals surface area (Å²) < 4.78 is 12.7. The quantitative estimate of drug-likeness (QED) is 0.350. The van der Waals surface area contributed by atoms with Gasteiger partial charge in [0.05, 0.1) is 30.4 Å². The Labute approximate surface area is 200 Å². The first-order valence-corrected chi connectivity index (χ1v) is 10.9. The maximum absolute atomic E-state index is 12.7. The molecule has 1 unspecified atom stereocenters. The summed E-state index contributed by atoms with van der Waals surface area (Å²) >= 11 is 6.21. The monoisotopic (exact) mass is 479 g/mol. The Morgan fingerprint density at radius 2 is 1.91 bits per heavy atom. The van der Waals surface area contributed by atoms with Crippen LogP contribution in [0, 0.1) is 6.92 Å². The maximum atomic E-state index is 12.7. The standard InChI is InChI=1S/C25H22ClN3O5/c1-15-21(11-23(30)33-16(2)20-5-3-4-6-22(20)26)24(34-28-15)18-9-7-17(8-10-18)13-29-14-19(12-27-29)25(31)32/h3-10,12,14,16H,11,13H2,1-2H3,(H,31,32). The van der Waals surface area contributed by atoms with E-state index in [9.17, 15) is 9.59 Å². The van der Waals surface area contributed by atoms with Gasteiger partial charge in [-0.25, -0.2) is 4.79 Å². The first-order valence-electron chi connectivity index (χ1n) is 10.6. The lowest BCUT2D eigenvalue weighted by Gasteiger charge is -2.15. The summed E-state index contributed by atoms with van der Waals surface area (Å²) in [5.74, 6) is -0.933. The molecule has 9 heteroatoms. The van der Waals surface area contributed by atoms with Crippen LogP contribution in [-0.4, -0.2) is 32.0 Å². The molecule has 4 rings (SSSR count). The number of hydrogen-bond acceptors (Lipinski definition) is 6. The molecule has 4 aromatic rings. The molecule has 0 spiro atoms. The second-order valence-electron chi connectivity index (χ2n) is 7.83. The highest BCUT2D eigenvalue weighted by Gasteiger charge is 2.21. The molecule has 0 amide bonds. The average molecular weight is 480 g/mol. The van der Waals surface area contributed by atoms with Gasteiger partial charge in [-0.15, -0.1) is 0 Å². The van der Waals surface area contributed by atoms with Gasteiger partial charge in [-0.05, 0) is 25.5 Å². The van der Waals surface area contributed by atoms with Crippen molar-refractivity contribution in [3.05, 3.63) is 93.9 Å². The van der Waals surface area contributed by atoms with Crippen molar-refractivity contribution in [1.82, 2.24) is 14.9 Å². The fourth-order valence-electron chi connectivity index (χ4n) is 3.58. The molecule has 8 nitrogen and oxygen atoms in total. The number of hydrogen-bond donors (Lipinski definition) is 1. The zero-order valence-electron chi connectivity index (χ0n) is 18.6. The number of carboxylic acid groups (broad SMARTS) is 1. The molecule has 2 aromatic heterocycles. The van der Waals surface area contributed by atoms with E-state index in [0.29, 0.717) is 28.6 Å². The number of aryl methyl sites for hydroxylation is 1. The average Bonchev–Trinajstić information content (AvgIpc) is 3.42. The number of rotatable bonds is 8. The second-order valence-corrected chi connectivity index (χ2v) is 8.24. The molecular weight excluding hydrogens is 458 g/mol. The number of carbonyl (C=O) groups is 2. The number of ether oxygens (including phenoxy) is 1. The van der Waals surface area contributed by atoms with Gasteiger partial charge in [-0.2, -0.15) is 5.10 Å². The molecule has 1 atom stereocenters. The number of carbonyl (C=O) groups excluding carboxylic acids is 1. The maximum Gasteiger partial charge on any atom is 0.338 e. The molecule has 0 radical (unpaired) electrons. The third-order valence-corrected chi connectivity index (χ3v) is 5.74. The number of aromatic carboxylic acids is 1. The van der Waals surface area contributed by atoms with Gasteiger partial charge in [-0.1, -0.05) is 59.2 Å². The number of carboxylic acids is 1. The van der Waals surface area contributed by atoms with Crippen molar-refractivity contribution in [2.24, 2.45) is 0 Å². The minimum absolute atomic E-state index is 0.00641. The van der Waals surface area contributed by atoms with Gasteiger partial charge in [0.15, 0.2) is 5.76 Å². The predicted octanol–water partition coefficient (Wildman–Crippen LogP) is 5.09. The van der Waals surface area contributed by atoms with Crippen LogP contribution < -0.4 is 0 Å². The Kier molecular flexibility index (Phi) is 6.79. The van der Waals surface area contributed by atoms with Gasteiger partial charge in [0, 0.05) is 27.9 Å². The first-order chi connectivity index (χ1) is 16.3. The van der Waals surface area contributed by atoms with Crippen molar-refractivity contribution in [1.29, 1.82) is 0 Å². The van der Waals surface area contributed by atoms with E-state index in [4.69, 9.17) is 26.0 Å². The lowest BCUT2D eigenvalue weighted by molar-refractivity contribution is -0.147. The molecule has 34 heavy (non-hydrogen) atoms. The fraction of sp³-hybridized carbons (Fsp3) is 0.200. The molecule has 0 aliphatic heterocycles. The fourth-order valence-corrected chi connectivity index (χ4v) is 3.87. The van der Waals surface area contributed by atoms with Gasteiger partial charge in [-0.3, -0.25) is 9.48 Å². The summed E-state index contributed by atoms with van der Waals surface area (Å²) in [5, 5.41) is 17.7. The summed E-state index contributed by atoms with van der Waals surface area (Å²) in [6.07, 6.45) is 2.30. The van der Waals surface area contributed by atoms with Crippen LogP contribution in [0.15, 0.2) is 65.4 Å². The third kappa shape index (κ3) is 5.18. The van der Waals surface area contributed by atoms with Crippen molar-refractivity contribution in [3.63, 3.8) is 0 Å². The zero-order valence-corrected chi connectivity index (χ0v) is 19.3. The van der Waals surface area contributed by atoms with Gasteiger partial charge >= 0.3 is 11.9 Å². The number of aromatic nitrogens is 3. The summed E-state index contributed by atoms with van der Waals surface area (Å²) in [4.78, 5) is 23.7. The van der Waals surface area contributed by atoms with E-state index in [1.807, 2.05) is 42.5 Å². The molecule has 0 aliphatic carbocycles. The van der Waals surface area contributed by atoms with E-state index < -0.39 is 18.0 Å². The lowest BCUT2D eigenvalue weighted by atomic mass is 10.0. The smallest absolute Gasteiger partial charge is 0.338 e. The van der Waals surface area contributed by atoms with Gasteiger partial charge < -0.3 is 14.4 Å². The Morgan fingerprint density at radius 1 is 1.18 bits per heavy atom. The zero-order chi connectivity index (χ0) is 24.2. The summed E-state index contributed by atoms with van der Waals surface area (Å²) in [7, 11) is 0. The Hall–Kier alpha value is -3.91. The molecule has 174 valence electrons. The summed E-state index contributed by atoms with van der Waals surface area (Å²) in [6, 6.07) is 14.7. The largest absolute Gasteiger partial charge is 0.478 e. The topological polar surface area (TPSA) is 107 Å². The summed E-state index contributed by atoms with van der Waals surface area (Å²) in [6.45, 7) is 3.97. The SMILES string of the molecule is Cc1noc(-c2ccc(Cn3cc(C(=O)O)cn3)cc2)c1CC(=O)OC(C)c1ccccc1Cl. The molecule has 0 saturated carbocycles. The molecule has 0 saturated heterocycles. The van der Waals surface area contributed by atoms with E-state index in [2.05, 4.69) is 10.3 Å². The van der Waals surface area contributed by atoms with Crippen molar-refractivity contribution in [2.45, 2.75) is 32.9 Å². The van der Waals surface area contributed by atoms with Crippen LogP contribution in [0.5, 0.6) is 0 Å². The van der Waals surface area contributed by atoms with Crippen LogP contribution in [0.2, 0.25) is 5.02 Å². The van der Waals surface area contributed by atoms with Crippen LogP contribution in [-0.2, 0) is 22.5 Å². The van der Waals surface area contributed by atoms with Gasteiger partial charge in [0.25, 0.3) is 0 Å². The lowest BCUT2D eigenvalue weighted by Crippen LogP contribution is -2.12. The van der Waals surface area contributed by atoms with E-state index in [1.165, 1.54) is 12.4 Å². The number of halogens is 1. The van der Waals surface area contributed by atoms with E-state index >= 15 is 0 Å². The van der Waals surface area contributed by atoms with Crippen molar-refractivity contribution in [2.75, 3.05) is 0 Å². The van der Waals surface area contributed by atoms with E-state index in [-0.39, 0.29) is 12.0 Å². The molecular formula is C25H22ClN3O5. The second kappa shape index (κ2) is 9.93. The number of benzene rings is 2. The number of nitrogens with zero attached hydrogens (tertiary/aromatic N) is 3. The molecule has 2 heterocycles. The normalized spacial score (nSPS) is 11.9. The molecule has 0 fully saturated rings. The highest BCUT2D eigenvalue weighted by molar-refractivity contribution is 6.31. The predicted molar refractivity (Wildman–Crippen MR) is 125 cm³/mol. The van der Waals surface area contributed by atoms with E-state index in [1.54, 1.807) is 24.6 Å². The van der Waals surface area contributed by atoms with Crippen LogP contribution >= 0.6 is 11.6 Å². The third-order valence-electron chi connectivity index (χ3n) is 5.40. The van der Waals surface area contributed by atoms with Crippen LogP contribution in [0.25, 0.3) is 11.3 Å². The van der Waals surface area contributed by atoms with Crippen molar-refractivity contribution < 1.29 is 24.0 Å². The van der Waals surface area contributed by atoms with E-state index in [0.717, 1.165) is 16.7 Å². The van der Waals surface area contributed by atoms with Crippen molar-refractivity contribution in [3.8, 4) is 11.3 Å². The Bertz CT molecular complexity index is 1330. The first kappa shape index (κ1) is 23.3. The molecule has 1 N–H and O–H groups in total. The Morgan fingerprint density at radius 3 is 2.59 bits per heavy atom. The van der Waals surface area contributed by atoms with Crippen LogP contribution in [0.1, 0.15) is 45.8 Å². The van der Waals surface area contributed by atoms with Gasteiger partial charge in [0.1, 0.15) is 6.10 Å². The molecule has 2 aromatic carbocycles. The van der Waals surface area contributed by atoms with Crippen molar-refractivity contribution >= 4 is 23.5 Å². The minimum atomic E-state index is -1.02. The highest BCUT2D eigenvalue weighted by atomic mass is 35.5. The number of esters is 1. The van der Waals surface area contributed by atoms with Gasteiger partial charge in [0.2, 0.25) is 0 Å².